The largest absolute Gasteiger partial charge is 0.497 e. The van der Waals surface area contributed by atoms with Crippen LogP contribution in [-0.4, -0.2) is 74.7 Å². The number of imidazole rings is 1. The highest BCUT2D eigenvalue weighted by Gasteiger charge is 2.59. The van der Waals surface area contributed by atoms with Gasteiger partial charge in [0.15, 0.2) is 0 Å². The molecule has 3 amide bonds. The number of likely N-dealkylation sites (tertiary alicyclic amines) is 2. The quantitative estimate of drug-likeness (QED) is 0.434. The lowest BCUT2D eigenvalue weighted by Gasteiger charge is -2.63. The molecule has 1 aromatic heterocycles. The molecule has 0 radical (unpaired) electrons. The van der Waals surface area contributed by atoms with Crippen molar-refractivity contribution >= 4 is 34.6 Å². The van der Waals surface area contributed by atoms with E-state index in [1.54, 1.807) is 40.3 Å². The molecular formula is C33H41N5O6. The van der Waals surface area contributed by atoms with Crippen LogP contribution in [0.1, 0.15) is 58.1 Å². The third-order valence-corrected chi connectivity index (χ3v) is 9.92. The number of aromatic nitrogens is 2. The van der Waals surface area contributed by atoms with Gasteiger partial charge < -0.3 is 19.6 Å². The summed E-state index contributed by atoms with van der Waals surface area (Å²) in [6, 6.07) is 12.2. The number of carboxylic acid groups (broad SMARTS) is 1. The molecule has 3 fully saturated rings. The Balaban J connectivity index is 1.28. The third-order valence-electron chi connectivity index (χ3n) is 9.92. The maximum atomic E-state index is 13.8. The van der Waals surface area contributed by atoms with Gasteiger partial charge in [0.2, 0.25) is 5.91 Å². The number of amides is 3. The van der Waals surface area contributed by atoms with Gasteiger partial charge in [-0.05, 0) is 54.5 Å². The van der Waals surface area contributed by atoms with Crippen LogP contribution in [0.25, 0.3) is 11.0 Å². The normalized spacial score (nSPS) is 22.1. The summed E-state index contributed by atoms with van der Waals surface area (Å²) in [7, 11) is 3.31. The van der Waals surface area contributed by atoms with E-state index in [0.29, 0.717) is 17.8 Å². The lowest BCUT2D eigenvalue weighted by atomic mass is 9.58. The van der Waals surface area contributed by atoms with E-state index >= 15 is 0 Å². The Morgan fingerprint density at radius 2 is 1.73 bits per heavy atom. The summed E-state index contributed by atoms with van der Waals surface area (Å²) >= 11 is 0. The van der Waals surface area contributed by atoms with Crippen molar-refractivity contribution in [2.24, 2.45) is 17.9 Å². The Hall–Kier alpha value is -4.28. The number of carbonyl (C=O) groups is 3. The number of aryl methyl sites for hydroxylation is 1. The fourth-order valence-electron chi connectivity index (χ4n) is 8.04. The first kappa shape index (κ1) is 29.8. The zero-order chi connectivity index (χ0) is 31.6. The number of hydrogen-bond donors (Lipinski definition) is 1. The zero-order valence-corrected chi connectivity index (χ0v) is 26.1. The first-order chi connectivity index (χ1) is 20.9. The van der Waals surface area contributed by atoms with Gasteiger partial charge in [-0.2, -0.15) is 0 Å². The molecule has 0 aliphatic carbocycles. The number of hydrogen-bond acceptors (Lipinski definition) is 6. The molecular weight excluding hydrogens is 562 g/mol. The predicted octanol–water partition coefficient (Wildman–Crippen LogP) is 4.23. The van der Waals surface area contributed by atoms with Crippen molar-refractivity contribution in [3.8, 4) is 5.75 Å². The van der Waals surface area contributed by atoms with Crippen molar-refractivity contribution in [1.29, 1.82) is 0 Å². The Morgan fingerprint density at radius 3 is 2.34 bits per heavy atom. The van der Waals surface area contributed by atoms with Crippen LogP contribution in [-0.2, 0) is 23.2 Å². The van der Waals surface area contributed by atoms with Crippen molar-refractivity contribution in [3.05, 3.63) is 58.5 Å². The van der Waals surface area contributed by atoms with Gasteiger partial charge in [-0.25, -0.2) is 9.59 Å². The fourth-order valence-corrected chi connectivity index (χ4v) is 8.04. The summed E-state index contributed by atoms with van der Waals surface area (Å²) in [6.45, 7) is 8.49. The molecule has 3 saturated heterocycles. The molecule has 4 heterocycles. The first-order valence-electron chi connectivity index (χ1n) is 15.3. The number of para-hydroxylation sites is 1. The summed E-state index contributed by atoms with van der Waals surface area (Å²) in [6.07, 6.45) is 1.29. The standard InChI is InChI=1S/C33H41N5O6/c1-32(2,3)29-33(20-37(29)31(42)43)15-17-35(18-16-33)23-7-6-8-24-27(23)34(4)30(41)38(24)25-13-14-26(39)36(28(25)40)19-21-9-11-22(44-5)12-10-21/h6-12,25,29H,13-20H2,1-5H3,(H,42,43). The second kappa shape index (κ2) is 10.7. The van der Waals surface area contributed by atoms with Gasteiger partial charge in [0.25, 0.3) is 5.91 Å². The molecule has 11 heteroatoms. The number of ether oxygens (including phenoxy) is 1. The second-order valence-electron chi connectivity index (χ2n) is 13.6. The van der Waals surface area contributed by atoms with Gasteiger partial charge in [0.1, 0.15) is 11.8 Å². The Labute approximate surface area is 256 Å². The first-order valence-corrected chi connectivity index (χ1v) is 15.3. The van der Waals surface area contributed by atoms with Gasteiger partial charge in [-0.1, -0.05) is 39.0 Å². The molecule has 11 nitrogen and oxygen atoms in total. The van der Waals surface area contributed by atoms with Crippen LogP contribution < -0.4 is 15.3 Å². The number of anilines is 1. The van der Waals surface area contributed by atoms with E-state index in [9.17, 15) is 24.3 Å². The molecule has 6 rings (SSSR count). The van der Waals surface area contributed by atoms with Crippen LogP contribution in [0.4, 0.5) is 10.5 Å². The molecule has 3 aromatic rings. The van der Waals surface area contributed by atoms with Crippen LogP contribution in [0.2, 0.25) is 0 Å². The molecule has 2 aromatic carbocycles. The molecule has 3 aliphatic heterocycles. The number of rotatable bonds is 5. The summed E-state index contributed by atoms with van der Waals surface area (Å²) in [5, 5.41) is 9.77. The molecule has 3 aliphatic rings. The van der Waals surface area contributed by atoms with Gasteiger partial charge in [0, 0.05) is 44.6 Å². The fraction of sp³-hybridized carbons (Fsp3) is 0.515. The average molecular weight is 604 g/mol. The van der Waals surface area contributed by atoms with E-state index in [1.807, 2.05) is 30.3 Å². The van der Waals surface area contributed by atoms with Crippen LogP contribution >= 0.6 is 0 Å². The van der Waals surface area contributed by atoms with E-state index in [1.165, 1.54) is 4.90 Å². The van der Waals surface area contributed by atoms with Gasteiger partial charge in [0.05, 0.1) is 30.4 Å². The molecule has 2 atom stereocenters. The zero-order valence-electron chi connectivity index (χ0n) is 26.1. The van der Waals surface area contributed by atoms with Crippen LogP contribution in [0.15, 0.2) is 47.3 Å². The van der Waals surface area contributed by atoms with Crippen LogP contribution in [0.3, 0.4) is 0 Å². The van der Waals surface area contributed by atoms with E-state index < -0.39 is 12.1 Å². The third kappa shape index (κ3) is 4.73. The second-order valence-corrected chi connectivity index (χ2v) is 13.6. The Morgan fingerprint density at radius 1 is 1.05 bits per heavy atom. The number of piperidine rings is 2. The molecule has 234 valence electrons. The molecule has 44 heavy (non-hydrogen) atoms. The lowest BCUT2D eigenvalue weighted by Crippen LogP contribution is -2.72. The van der Waals surface area contributed by atoms with E-state index in [-0.39, 0.29) is 53.8 Å². The maximum absolute atomic E-state index is 13.8. The minimum Gasteiger partial charge on any atom is -0.497 e. The summed E-state index contributed by atoms with van der Waals surface area (Å²) in [4.78, 5) is 57.5. The number of benzene rings is 2. The predicted molar refractivity (Wildman–Crippen MR) is 166 cm³/mol. The van der Waals surface area contributed by atoms with Gasteiger partial charge in [-0.3, -0.25) is 23.6 Å². The van der Waals surface area contributed by atoms with Crippen molar-refractivity contribution in [1.82, 2.24) is 18.9 Å². The van der Waals surface area contributed by atoms with E-state index in [2.05, 4.69) is 25.7 Å². The van der Waals surface area contributed by atoms with Crippen LogP contribution in [0, 0.1) is 10.8 Å². The summed E-state index contributed by atoms with van der Waals surface area (Å²) < 4.78 is 8.39. The number of imide groups is 1. The SMILES string of the molecule is COc1ccc(CN2C(=O)CCC(n3c(=O)n(C)c4c(N5CCC6(CC5)CN(C(=O)O)C6C(C)(C)C)cccc43)C2=O)cc1. The minimum absolute atomic E-state index is 0.0447. The lowest BCUT2D eigenvalue weighted by molar-refractivity contribution is -0.151. The average Bonchev–Trinajstić information content (AvgIpc) is 3.23. The number of nitrogens with zero attached hydrogens (tertiary/aromatic N) is 5. The van der Waals surface area contributed by atoms with Crippen LogP contribution in [0.5, 0.6) is 5.75 Å². The molecule has 0 saturated carbocycles. The van der Waals surface area contributed by atoms with Crippen molar-refractivity contribution in [2.75, 3.05) is 31.6 Å². The number of methoxy groups -OCH3 is 1. The molecule has 1 spiro atoms. The molecule has 0 bridgehead atoms. The van der Waals surface area contributed by atoms with Gasteiger partial charge >= 0.3 is 11.8 Å². The highest BCUT2D eigenvalue weighted by atomic mass is 16.5. The Kier molecular flexibility index (Phi) is 7.25. The van der Waals surface area contributed by atoms with Gasteiger partial charge in [-0.15, -0.1) is 0 Å². The highest BCUT2D eigenvalue weighted by molar-refractivity contribution is 6.00. The van der Waals surface area contributed by atoms with E-state index in [4.69, 9.17) is 4.74 Å². The topological polar surface area (TPSA) is 117 Å². The monoisotopic (exact) mass is 603 g/mol. The molecule has 2 unspecified atom stereocenters. The van der Waals surface area contributed by atoms with Crippen molar-refractivity contribution in [2.45, 2.75) is 65.1 Å². The summed E-state index contributed by atoms with van der Waals surface area (Å²) in [5.74, 6) is 0.0660. The smallest absolute Gasteiger partial charge is 0.407 e. The Bertz CT molecular complexity index is 1680. The number of carbonyl (C=O) groups excluding carboxylic acids is 2. The van der Waals surface area contributed by atoms with Crippen molar-refractivity contribution in [3.63, 3.8) is 0 Å². The highest BCUT2D eigenvalue weighted by Crippen LogP contribution is 2.53. The van der Waals surface area contributed by atoms with Crippen molar-refractivity contribution < 1.29 is 24.2 Å². The maximum Gasteiger partial charge on any atom is 0.407 e. The minimum atomic E-state index is -0.861. The number of fused-ring (bicyclic) bond motifs is 1. The summed E-state index contributed by atoms with van der Waals surface area (Å²) in [5.41, 5.74) is 2.63. The van der Waals surface area contributed by atoms with E-state index in [0.717, 1.165) is 42.7 Å². The molecule has 1 N–H and O–H groups in total.